The van der Waals surface area contributed by atoms with E-state index in [1.54, 1.807) is 7.05 Å². The van der Waals surface area contributed by atoms with Crippen molar-refractivity contribution in [1.29, 1.82) is 0 Å². The van der Waals surface area contributed by atoms with Gasteiger partial charge in [0.05, 0.1) is 17.7 Å². The van der Waals surface area contributed by atoms with Gasteiger partial charge in [-0.15, -0.1) is 0 Å². The molecular weight excluding hydrogens is 324 g/mol. The lowest BCUT2D eigenvalue weighted by Gasteiger charge is -2.14. The summed E-state index contributed by atoms with van der Waals surface area (Å²) in [5.41, 5.74) is 1.76. The first-order valence-electron chi connectivity index (χ1n) is 6.71. The number of likely N-dealkylation sites (N-methyl/N-ethyl adjacent to an activating group) is 1. The van der Waals surface area contributed by atoms with Crippen molar-refractivity contribution >= 4 is 27.5 Å². The summed E-state index contributed by atoms with van der Waals surface area (Å²) in [6.45, 7) is 2.22. The number of benzene rings is 1. The third-order valence-corrected chi connectivity index (χ3v) is 4.34. The number of fused-ring (bicyclic) bond motifs is 1. The number of carbonyl (C=O) groups is 1. The van der Waals surface area contributed by atoms with E-state index in [0.29, 0.717) is 12.5 Å². The lowest BCUT2D eigenvalue weighted by molar-refractivity contribution is -0.117. The molecule has 3 rings (SSSR count). The summed E-state index contributed by atoms with van der Waals surface area (Å²) in [5.74, 6) is 1.18. The minimum Gasteiger partial charge on any atom is -0.492 e. The Morgan fingerprint density at radius 2 is 2.40 bits per heavy atom. The molecule has 2 N–H and O–H groups in total. The Morgan fingerprint density at radius 1 is 1.55 bits per heavy atom. The molecular formula is C14H17BrN2O3. The van der Waals surface area contributed by atoms with Crippen LogP contribution in [-0.2, 0) is 9.53 Å². The molecule has 1 amide bonds. The highest BCUT2D eigenvalue weighted by atomic mass is 79.9. The lowest BCUT2D eigenvalue weighted by Crippen LogP contribution is -2.23. The van der Waals surface area contributed by atoms with Gasteiger partial charge in [-0.3, -0.25) is 4.79 Å². The topological polar surface area (TPSA) is 59.6 Å². The van der Waals surface area contributed by atoms with Crippen LogP contribution in [0.15, 0.2) is 16.6 Å². The van der Waals surface area contributed by atoms with E-state index in [9.17, 15) is 4.79 Å². The second kappa shape index (κ2) is 5.71. The van der Waals surface area contributed by atoms with Gasteiger partial charge in [0, 0.05) is 29.8 Å². The van der Waals surface area contributed by atoms with Gasteiger partial charge in [0.25, 0.3) is 0 Å². The normalized spacial score (nSPS) is 24.6. The molecule has 2 unspecified atom stereocenters. The summed E-state index contributed by atoms with van der Waals surface area (Å²) in [6, 6.07) is 3.53. The maximum atomic E-state index is 11.8. The van der Waals surface area contributed by atoms with Crippen LogP contribution in [0, 0.1) is 5.92 Å². The molecule has 1 aromatic rings. The summed E-state index contributed by atoms with van der Waals surface area (Å²) in [7, 11) is 1.78. The molecule has 2 aliphatic heterocycles. The number of amides is 1. The average Bonchev–Trinajstić information content (AvgIpc) is 3.03. The van der Waals surface area contributed by atoms with E-state index < -0.39 is 0 Å². The molecule has 2 heterocycles. The van der Waals surface area contributed by atoms with Gasteiger partial charge in [-0.2, -0.15) is 0 Å². The molecule has 20 heavy (non-hydrogen) atoms. The van der Waals surface area contributed by atoms with Crippen LogP contribution >= 0.6 is 15.9 Å². The van der Waals surface area contributed by atoms with Crippen molar-refractivity contribution < 1.29 is 14.3 Å². The first kappa shape index (κ1) is 13.9. The molecule has 1 aromatic carbocycles. The van der Waals surface area contributed by atoms with Gasteiger partial charge in [-0.25, -0.2) is 0 Å². The van der Waals surface area contributed by atoms with Gasteiger partial charge in [-0.05, 0) is 35.5 Å². The van der Waals surface area contributed by atoms with Gasteiger partial charge < -0.3 is 20.1 Å². The predicted octanol–water partition coefficient (Wildman–Crippen LogP) is 2.08. The average molecular weight is 341 g/mol. The van der Waals surface area contributed by atoms with Gasteiger partial charge in [-0.1, -0.05) is 0 Å². The summed E-state index contributed by atoms with van der Waals surface area (Å²) in [6.07, 6.45) is 1.04. The highest BCUT2D eigenvalue weighted by Crippen LogP contribution is 2.38. The fraction of sp³-hybridized carbons (Fsp3) is 0.500. The Kier molecular flexibility index (Phi) is 3.96. The second-order valence-electron chi connectivity index (χ2n) is 5.12. The van der Waals surface area contributed by atoms with Crippen LogP contribution in [0.2, 0.25) is 0 Å². The maximum absolute atomic E-state index is 11.8. The van der Waals surface area contributed by atoms with Crippen LogP contribution < -0.4 is 15.4 Å². The Labute approximate surface area is 126 Å². The van der Waals surface area contributed by atoms with E-state index in [2.05, 4.69) is 26.6 Å². The molecule has 0 aliphatic carbocycles. The van der Waals surface area contributed by atoms with E-state index >= 15 is 0 Å². The van der Waals surface area contributed by atoms with Crippen LogP contribution in [0.3, 0.4) is 0 Å². The lowest BCUT2D eigenvalue weighted by atomic mass is 10.1. The van der Waals surface area contributed by atoms with E-state index in [0.717, 1.165) is 41.1 Å². The molecule has 1 fully saturated rings. The molecule has 0 aromatic heterocycles. The van der Waals surface area contributed by atoms with Crippen molar-refractivity contribution in [2.24, 2.45) is 5.92 Å². The minimum atomic E-state index is -0.293. The number of rotatable bonds is 4. The maximum Gasteiger partial charge on any atom is 0.246 e. The van der Waals surface area contributed by atoms with Crippen LogP contribution in [-0.4, -0.2) is 32.8 Å². The molecule has 2 aliphatic rings. The second-order valence-corrected chi connectivity index (χ2v) is 5.98. The number of nitrogens with one attached hydrogen (secondary N) is 2. The molecule has 0 spiro atoms. The molecule has 2 atom stereocenters. The minimum absolute atomic E-state index is 0.0317. The van der Waals surface area contributed by atoms with Crippen molar-refractivity contribution in [3.05, 3.63) is 22.2 Å². The number of ether oxygens (including phenoxy) is 2. The van der Waals surface area contributed by atoms with E-state index in [1.807, 2.05) is 12.1 Å². The number of anilines is 1. The Balaban J connectivity index is 1.76. The van der Waals surface area contributed by atoms with Crippen molar-refractivity contribution in [2.45, 2.75) is 12.5 Å². The summed E-state index contributed by atoms with van der Waals surface area (Å²) in [4.78, 5) is 11.8. The molecule has 108 valence electrons. The smallest absolute Gasteiger partial charge is 0.246 e. The summed E-state index contributed by atoms with van der Waals surface area (Å²) < 4.78 is 12.1. The Hall–Kier alpha value is -1.11. The third-order valence-electron chi connectivity index (χ3n) is 3.72. The number of halogens is 1. The summed E-state index contributed by atoms with van der Waals surface area (Å²) in [5, 5.41) is 5.87. The zero-order chi connectivity index (χ0) is 14.1. The van der Waals surface area contributed by atoms with Crippen LogP contribution in [0.4, 0.5) is 5.69 Å². The van der Waals surface area contributed by atoms with E-state index in [-0.39, 0.29) is 11.9 Å². The summed E-state index contributed by atoms with van der Waals surface area (Å²) >= 11 is 3.51. The molecule has 5 nitrogen and oxygen atoms in total. The molecule has 6 heteroatoms. The zero-order valence-corrected chi connectivity index (χ0v) is 12.8. The quantitative estimate of drug-likeness (QED) is 0.880. The van der Waals surface area contributed by atoms with E-state index in [4.69, 9.17) is 9.47 Å². The van der Waals surface area contributed by atoms with E-state index in [1.165, 1.54) is 0 Å². The standard InChI is InChI=1S/C14H17BrN2O3/c1-16-13-9-4-10(15)12(5-11(9)17-14(13)18)20-7-8-2-3-19-6-8/h4-5,8,13,16H,2-3,6-7H2,1H3,(H,17,18). The molecule has 0 radical (unpaired) electrons. The predicted molar refractivity (Wildman–Crippen MR) is 79.0 cm³/mol. The van der Waals surface area contributed by atoms with Crippen LogP contribution in [0.5, 0.6) is 5.75 Å². The largest absolute Gasteiger partial charge is 0.492 e. The fourth-order valence-electron chi connectivity index (χ4n) is 2.58. The monoisotopic (exact) mass is 340 g/mol. The number of carbonyl (C=O) groups excluding carboxylic acids is 1. The van der Waals surface area contributed by atoms with Crippen molar-refractivity contribution in [3.8, 4) is 5.75 Å². The van der Waals surface area contributed by atoms with Crippen molar-refractivity contribution in [2.75, 3.05) is 32.2 Å². The molecule has 0 bridgehead atoms. The highest BCUT2D eigenvalue weighted by Gasteiger charge is 2.30. The van der Waals surface area contributed by atoms with Gasteiger partial charge in [0.15, 0.2) is 0 Å². The van der Waals surface area contributed by atoms with Gasteiger partial charge in [0.1, 0.15) is 11.8 Å². The van der Waals surface area contributed by atoms with Crippen molar-refractivity contribution in [1.82, 2.24) is 5.32 Å². The third kappa shape index (κ3) is 2.55. The van der Waals surface area contributed by atoms with Gasteiger partial charge in [0.2, 0.25) is 5.91 Å². The van der Waals surface area contributed by atoms with Crippen LogP contribution in [0.1, 0.15) is 18.0 Å². The first-order valence-corrected chi connectivity index (χ1v) is 7.50. The van der Waals surface area contributed by atoms with Crippen LogP contribution in [0.25, 0.3) is 0 Å². The van der Waals surface area contributed by atoms with Gasteiger partial charge >= 0.3 is 0 Å². The number of hydrogen-bond donors (Lipinski definition) is 2. The molecule has 1 saturated heterocycles. The molecule has 0 saturated carbocycles. The fourth-order valence-corrected chi connectivity index (χ4v) is 3.06. The highest BCUT2D eigenvalue weighted by molar-refractivity contribution is 9.10. The zero-order valence-electron chi connectivity index (χ0n) is 11.2. The SMILES string of the molecule is CNC1C(=O)Nc2cc(OCC3CCOC3)c(Br)cc21. The first-order chi connectivity index (χ1) is 9.69. The Morgan fingerprint density at radius 3 is 3.10 bits per heavy atom. The Bertz CT molecular complexity index is 529. The van der Waals surface area contributed by atoms with Crippen molar-refractivity contribution in [3.63, 3.8) is 0 Å². The number of hydrogen-bond acceptors (Lipinski definition) is 4.